The number of amides is 1. The molecule has 7 nitrogen and oxygen atoms in total. The largest absolute Gasteiger partial charge is 0.416 e. The van der Waals surface area contributed by atoms with E-state index in [0.29, 0.717) is 25.2 Å². The van der Waals surface area contributed by atoms with Crippen LogP contribution in [0.3, 0.4) is 0 Å². The Kier molecular flexibility index (Phi) is 7.49. The fraction of sp³-hybridized carbons (Fsp3) is 0.526. The average Bonchev–Trinajstić information content (AvgIpc) is 2.64. The van der Waals surface area contributed by atoms with Gasteiger partial charge < -0.3 is 15.7 Å². The third kappa shape index (κ3) is 5.11. The fourth-order valence-electron chi connectivity index (χ4n) is 3.40. The zero-order chi connectivity index (χ0) is 21.3. The monoisotopic (exact) mass is 448 g/mol. The maximum absolute atomic E-state index is 13.1. The SMILES string of the molecule is CC(C)c1nn(CC(=O)N[C@H]2CNCC[C@H]2O)c(=O)c2ccc(C(F)(F)F)cc12.Cl. The van der Waals surface area contributed by atoms with Gasteiger partial charge in [0.1, 0.15) is 6.54 Å². The number of rotatable bonds is 4. The molecule has 1 aromatic heterocycles. The second kappa shape index (κ2) is 9.32. The van der Waals surface area contributed by atoms with Gasteiger partial charge in [-0.3, -0.25) is 9.59 Å². The van der Waals surface area contributed by atoms with Crippen LogP contribution in [-0.2, 0) is 17.5 Å². The van der Waals surface area contributed by atoms with Crippen molar-refractivity contribution in [2.75, 3.05) is 13.1 Å². The van der Waals surface area contributed by atoms with Crippen LogP contribution in [0.15, 0.2) is 23.0 Å². The highest BCUT2D eigenvalue weighted by molar-refractivity contribution is 5.86. The normalized spacial score (nSPS) is 19.6. The molecule has 0 saturated carbocycles. The minimum atomic E-state index is -4.54. The summed E-state index contributed by atoms with van der Waals surface area (Å²) in [5, 5.41) is 20.1. The van der Waals surface area contributed by atoms with E-state index in [-0.39, 0.29) is 29.1 Å². The van der Waals surface area contributed by atoms with Gasteiger partial charge in [-0.2, -0.15) is 18.3 Å². The number of fused-ring (bicyclic) bond motifs is 1. The number of carbonyl (C=O) groups is 1. The average molecular weight is 449 g/mol. The predicted octanol–water partition coefficient (Wildman–Crippen LogP) is 1.80. The highest BCUT2D eigenvalue weighted by atomic mass is 35.5. The number of hydrogen-bond donors (Lipinski definition) is 3. The lowest BCUT2D eigenvalue weighted by Crippen LogP contribution is -2.54. The Labute approximate surface area is 177 Å². The van der Waals surface area contributed by atoms with E-state index >= 15 is 0 Å². The van der Waals surface area contributed by atoms with Crippen molar-refractivity contribution >= 4 is 29.1 Å². The summed E-state index contributed by atoms with van der Waals surface area (Å²) in [6, 6.07) is 2.42. The summed E-state index contributed by atoms with van der Waals surface area (Å²) in [6.07, 6.45) is -4.72. The summed E-state index contributed by atoms with van der Waals surface area (Å²) in [5.41, 5.74) is -1.20. The van der Waals surface area contributed by atoms with Crippen molar-refractivity contribution in [2.45, 2.75) is 51.1 Å². The zero-order valence-corrected chi connectivity index (χ0v) is 17.3. The van der Waals surface area contributed by atoms with Crippen molar-refractivity contribution in [1.29, 1.82) is 0 Å². The smallest absolute Gasteiger partial charge is 0.391 e. The van der Waals surface area contributed by atoms with E-state index in [2.05, 4.69) is 15.7 Å². The van der Waals surface area contributed by atoms with Crippen LogP contribution in [0.2, 0.25) is 0 Å². The van der Waals surface area contributed by atoms with E-state index in [1.807, 2.05) is 0 Å². The standard InChI is InChI=1S/C19H23F3N4O3.ClH/c1-10(2)17-13-7-11(19(20,21)22)3-4-12(13)18(29)26(25-17)9-16(28)24-14-8-23-6-5-15(14)27;/h3-4,7,10,14-15,23,27H,5-6,8-9H2,1-2H3,(H,24,28);1H/t14-,15+;/m0./s1. The number of aromatic nitrogens is 2. The van der Waals surface area contributed by atoms with Crippen LogP contribution in [0.25, 0.3) is 10.8 Å². The third-order valence-corrected chi connectivity index (χ3v) is 4.95. The first-order valence-corrected chi connectivity index (χ1v) is 9.38. The number of carbonyl (C=O) groups excluding carboxylic acids is 1. The van der Waals surface area contributed by atoms with Crippen LogP contribution in [0.5, 0.6) is 0 Å². The number of nitrogens with zero attached hydrogens (tertiary/aromatic N) is 2. The van der Waals surface area contributed by atoms with E-state index in [0.717, 1.165) is 22.9 Å². The maximum atomic E-state index is 13.1. The first-order valence-electron chi connectivity index (χ1n) is 9.38. The molecule has 1 saturated heterocycles. The van der Waals surface area contributed by atoms with Crippen molar-refractivity contribution in [3.05, 3.63) is 39.8 Å². The van der Waals surface area contributed by atoms with Crippen LogP contribution in [0.1, 0.15) is 37.4 Å². The number of benzene rings is 1. The molecule has 2 heterocycles. The summed E-state index contributed by atoms with van der Waals surface area (Å²) in [5.74, 6) is -0.770. The highest BCUT2D eigenvalue weighted by Crippen LogP contribution is 2.32. The van der Waals surface area contributed by atoms with Gasteiger partial charge in [-0.15, -0.1) is 12.4 Å². The van der Waals surface area contributed by atoms with Crippen LogP contribution >= 0.6 is 12.4 Å². The molecule has 2 aromatic rings. The summed E-state index contributed by atoms with van der Waals surface area (Å²) < 4.78 is 40.2. The van der Waals surface area contributed by atoms with Crippen molar-refractivity contribution in [2.24, 2.45) is 0 Å². The molecular formula is C19H24ClF3N4O3. The molecule has 30 heavy (non-hydrogen) atoms. The Morgan fingerprint density at radius 1 is 1.37 bits per heavy atom. The molecule has 1 aliphatic rings. The Bertz CT molecular complexity index is 978. The molecule has 11 heteroatoms. The van der Waals surface area contributed by atoms with Crippen molar-refractivity contribution < 1.29 is 23.1 Å². The molecular weight excluding hydrogens is 425 g/mol. The molecule has 3 N–H and O–H groups in total. The number of halogens is 4. The van der Waals surface area contributed by atoms with E-state index < -0.39 is 41.9 Å². The van der Waals surface area contributed by atoms with Crippen LogP contribution in [-0.4, -0.2) is 46.0 Å². The van der Waals surface area contributed by atoms with Gasteiger partial charge >= 0.3 is 6.18 Å². The lowest BCUT2D eigenvalue weighted by Gasteiger charge is -2.29. The molecule has 3 rings (SSSR count). The summed E-state index contributed by atoms with van der Waals surface area (Å²) in [6.45, 7) is 4.17. The lowest BCUT2D eigenvalue weighted by atomic mass is 10.0. The Balaban J connectivity index is 0.00000320. The Hall–Kier alpha value is -2.17. The van der Waals surface area contributed by atoms with Gasteiger partial charge in [0.15, 0.2) is 0 Å². The van der Waals surface area contributed by atoms with Crippen LogP contribution in [0.4, 0.5) is 13.2 Å². The van der Waals surface area contributed by atoms with E-state index in [1.165, 1.54) is 0 Å². The van der Waals surface area contributed by atoms with Gasteiger partial charge in [0.05, 0.1) is 28.8 Å². The molecule has 0 unspecified atom stereocenters. The van der Waals surface area contributed by atoms with E-state index in [1.54, 1.807) is 13.8 Å². The van der Waals surface area contributed by atoms with Crippen molar-refractivity contribution in [3.63, 3.8) is 0 Å². The van der Waals surface area contributed by atoms with E-state index in [4.69, 9.17) is 0 Å². The maximum Gasteiger partial charge on any atom is 0.416 e. The molecule has 0 spiro atoms. The number of alkyl halides is 3. The number of aliphatic hydroxyl groups is 1. The molecule has 166 valence electrons. The Morgan fingerprint density at radius 3 is 2.67 bits per heavy atom. The van der Waals surface area contributed by atoms with Crippen LogP contribution < -0.4 is 16.2 Å². The predicted molar refractivity (Wildman–Crippen MR) is 108 cm³/mol. The van der Waals surface area contributed by atoms with Crippen LogP contribution in [0, 0.1) is 0 Å². The topological polar surface area (TPSA) is 96.2 Å². The molecule has 0 aliphatic carbocycles. The Morgan fingerprint density at radius 2 is 2.07 bits per heavy atom. The second-order valence-electron chi connectivity index (χ2n) is 7.50. The van der Waals surface area contributed by atoms with Gasteiger partial charge in [0.2, 0.25) is 5.91 Å². The summed E-state index contributed by atoms with van der Waals surface area (Å²) >= 11 is 0. The second-order valence-corrected chi connectivity index (χ2v) is 7.50. The van der Waals surface area contributed by atoms with Gasteiger partial charge in [-0.25, -0.2) is 4.68 Å². The molecule has 1 aromatic carbocycles. The number of nitrogens with one attached hydrogen (secondary N) is 2. The quantitative estimate of drug-likeness (QED) is 0.663. The number of hydrogen-bond acceptors (Lipinski definition) is 5. The molecule has 1 aliphatic heterocycles. The van der Waals surface area contributed by atoms with Gasteiger partial charge in [0, 0.05) is 11.9 Å². The summed E-state index contributed by atoms with van der Waals surface area (Å²) in [7, 11) is 0. The van der Waals surface area contributed by atoms with Gasteiger partial charge in [-0.1, -0.05) is 13.8 Å². The molecule has 0 bridgehead atoms. The molecule has 0 radical (unpaired) electrons. The minimum absolute atomic E-state index is 0. The number of aliphatic hydroxyl groups excluding tert-OH is 1. The van der Waals surface area contributed by atoms with Crippen molar-refractivity contribution in [1.82, 2.24) is 20.4 Å². The van der Waals surface area contributed by atoms with Gasteiger partial charge in [0.25, 0.3) is 5.56 Å². The first-order chi connectivity index (χ1) is 13.6. The van der Waals surface area contributed by atoms with Crippen molar-refractivity contribution in [3.8, 4) is 0 Å². The zero-order valence-electron chi connectivity index (χ0n) is 16.5. The molecule has 1 amide bonds. The molecule has 2 atom stereocenters. The fourth-order valence-corrected chi connectivity index (χ4v) is 3.40. The van der Waals surface area contributed by atoms with E-state index in [9.17, 15) is 27.9 Å². The minimum Gasteiger partial charge on any atom is -0.391 e. The first kappa shape index (κ1) is 24.1. The molecule has 1 fully saturated rings. The number of piperidine rings is 1. The lowest BCUT2D eigenvalue weighted by molar-refractivity contribution is -0.137. The summed E-state index contributed by atoms with van der Waals surface area (Å²) in [4.78, 5) is 25.1. The van der Waals surface area contributed by atoms with Gasteiger partial charge in [-0.05, 0) is 37.1 Å². The third-order valence-electron chi connectivity index (χ3n) is 4.95. The highest BCUT2D eigenvalue weighted by Gasteiger charge is 2.31.